The van der Waals surface area contributed by atoms with Gasteiger partial charge in [-0.15, -0.1) is 0 Å². The zero-order valence-corrected chi connectivity index (χ0v) is 12.1. The molecule has 0 bridgehead atoms. The van der Waals surface area contributed by atoms with Crippen LogP contribution in [0.15, 0.2) is 0 Å². The number of hydrogen-bond donors (Lipinski definition) is 3. The van der Waals surface area contributed by atoms with Crippen molar-refractivity contribution >= 4 is 21.7 Å². The summed E-state index contributed by atoms with van der Waals surface area (Å²) in [6.45, 7) is 2.15. The largest absolute Gasteiger partial charge is 0.480 e. The van der Waals surface area contributed by atoms with Gasteiger partial charge >= 0.3 is 5.97 Å². The highest BCUT2D eigenvalue weighted by Gasteiger charge is 2.23. The maximum Gasteiger partial charge on any atom is 0.326 e. The van der Waals surface area contributed by atoms with Gasteiger partial charge in [0.25, 0.3) is 0 Å². The van der Waals surface area contributed by atoms with Gasteiger partial charge in [-0.05, 0) is 25.8 Å². The molecule has 0 aliphatic rings. The van der Waals surface area contributed by atoms with E-state index in [4.69, 9.17) is 10.8 Å². The van der Waals surface area contributed by atoms with E-state index in [0.29, 0.717) is 19.4 Å². The van der Waals surface area contributed by atoms with E-state index in [1.807, 2.05) is 0 Å². The molecule has 2 atom stereocenters. The summed E-state index contributed by atoms with van der Waals surface area (Å²) in [5, 5.41) is 11.3. The van der Waals surface area contributed by atoms with Gasteiger partial charge in [-0.1, -0.05) is 6.92 Å². The van der Waals surface area contributed by atoms with Crippen LogP contribution in [0, 0.1) is 5.92 Å². The lowest BCUT2D eigenvalue weighted by molar-refractivity contribution is -0.142. The Labute approximate surface area is 113 Å². The molecule has 2 unspecified atom stereocenters. The topological polar surface area (TPSA) is 127 Å². The Bertz CT molecular complexity index is 407. The van der Waals surface area contributed by atoms with Gasteiger partial charge in [0.15, 0.2) is 0 Å². The summed E-state index contributed by atoms with van der Waals surface area (Å²) in [5.41, 5.74) is 5.33. The standard InChI is InChI=1S/C11H22N2O5S/c1-8(4-3-6-12)10(14)13-9(11(15)16)5-7-19(2,17)18/h8-9H,3-7,12H2,1-2H3,(H,13,14)(H,15,16). The second-order valence-corrected chi connectivity index (χ2v) is 6.91. The van der Waals surface area contributed by atoms with Crippen molar-refractivity contribution in [3.8, 4) is 0 Å². The first-order valence-corrected chi connectivity index (χ1v) is 8.14. The first-order chi connectivity index (χ1) is 8.67. The molecule has 0 aromatic carbocycles. The first kappa shape index (κ1) is 17.8. The van der Waals surface area contributed by atoms with Crippen molar-refractivity contribution in [1.29, 1.82) is 0 Å². The third kappa shape index (κ3) is 8.55. The summed E-state index contributed by atoms with van der Waals surface area (Å²) >= 11 is 0. The lowest BCUT2D eigenvalue weighted by Crippen LogP contribution is -2.44. The van der Waals surface area contributed by atoms with Crippen LogP contribution in [0.2, 0.25) is 0 Å². The summed E-state index contributed by atoms with van der Waals surface area (Å²) in [6, 6.07) is -1.18. The van der Waals surface area contributed by atoms with Crippen molar-refractivity contribution in [2.75, 3.05) is 18.6 Å². The van der Waals surface area contributed by atoms with E-state index in [9.17, 15) is 18.0 Å². The monoisotopic (exact) mass is 294 g/mol. The van der Waals surface area contributed by atoms with Crippen molar-refractivity contribution in [1.82, 2.24) is 5.32 Å². The minimum Gasteiger partial charge on any atom is -0.480 e. The van der Waals surface area contributed by atoms with Crippen molar-refractivity contribution in [3.63, 3.8) is 0 Å². The SMILES string of the molecule is CC(CCCN)C(=O)NC(CCS(C)(=O)=O)C(=O)O. The quantitative estimate of drug-likeness (QED) is 0.519. The number of carboxylic acid groups (broad SMARTS) is 1. The Morgan fingerprint density at radius 1 is 1.32 bits per heavy atom. The van der Waals surface area contributed by atoms with Gasteiger partial charge in [-0.25, -0.2) is 13.2 Å². The Morgan fingerprint density at radius 3 is 2.32 bits per heavy atom. The average molecular weight is 294 g/mol. The molecular weight excluding hydrogens is 272 g/mol. The molecular formula is C11H22N2O5S. The first-order valence-electron chi connectivity index (χ1n) is 6.08. The van der Waals surface area contributed by atoms with Gasteiger partial charge in [0.1, 0.15) is 15.9 Å². The molecule has 0 heterocycles. The lowest BCUT2D eigenvalue weighted by Gasteiger charge is -2.17. The molecule has 112 valence electrons. The molecule has 0 rings (SSSR count). The summed E-state index contributed by atoms with van der Waals surface area (Å²) in [5.74, 6) is -2.25. The van der Waals surface area contributed by atoms with Crippen LogP contribution in [0.3, 0.4) is 0 Å². The smallest absolute Gasteiger partial charge is 0.326 e. The number of aliphatic carboxylic acids is 1. The van der Waals surface area contributed by atoms with Crippen molar-refractivity contribution < 1.29 is 23.1 Å². The van der Waals surface area contributed by atoms with Gasteiger partial charge in [0.2, 0.25) is 5.91 Å². The Morgan fingerprint density at radius 2 is 1.89 bits per heavy atom. The van der Waals surface area contributed by atoms with Crippen LogP contribution in [-0.4, -0.2) is 50.0 Å². The molecule has 0 aliphatic carbocycles. The van der Waals surface area contributed by atoms with E-state index in [2.05, 4.69) is 5.32 Å². The summed E-state index contributed by atoms with van der Waals surface area (Å²) in [4.78, 5) is 22.7. The van der Waals surface area contributed by atoms with Gasteiger partial charge in [0, 0.05) is 12.2 Å². The highest BCUT2D eigenvalue weighted by molar-refractivity contribution is 7.90. The number of carbonyl (C=O) groups excluding carboxylic acids is 1. The molecule has 8 heteroatoms. The Balaban J connectivity index is 4.42. The molecule has 19 heavy (non-hydrogen) atoms. The van der Waals surface area contributed by atoms with Crippen LogP contribution in [0.1, 0.15) is 26.2 Å². The Kier molecular flexibility index (Phi) is 7.62. The number of amides is 1. The van der Waals surface area contributed by atoms with E-state index in [0.717, 1.165) is 6.26 Å². The highest BCUT2D eigenvalue weighted by atomic mass is 32.2. The predicted molar refractivity (Wildman–Crippen MR) is 71.3 cm³/mol. The molecule has 0 spiro atoms. The minimum absolute atomic E-state index is 0.135. The second-order valence-electron chi connectivity index (χ2n) is 4.65. The minimum atomic E-state index is -3.25. The van der Waals surface area contributed by atoms with Gasteiger partial charge in [-0.2, -0.15) is 0 Å². The number of carbonyl (C=O) groups is 2. The molecule has 0 aromatic rings. The van der Waals surface area contributed by atoms with Crippen molar-refractivity contribution in [3.05, 3.63) is 0 Å². The molecule has 4 N–H and O–H groups in total. The third-order valence-corrected chi connectivity index (χ3v) is 3.66. The molecule has 0 fully saturated rings. The molecule has 1 amide bonds. The van der Waals surface area contributed by atoms with Crippen LogP contribution < -0.4 is 11.1 Å². The van der Waals surface area contributed by atoms with Gasteiger partial charge in [-0.3, -0.25) is 4.79 Å². The zero-order chi connectivity index (χ0) is 15.1. The Hall–Kier alpha value is -1.15. The number of nitrogens with two attached hydrogens (primary N) is 1. The number of rotatable bonds is 9. The van der Waals surface area contributed by atoms with Gasteiger partial charge in [0.05, 0.1) is 5.75 Å². The summed E-state index contributed by atoms with van der Waals surface area (Å²) in [7, 11) is -3.25. The molecule has 0 saturated carbocycles. The number of sulfone groups is 1. The van der Waals surface area contributed by atoms with Crippen LogP contribution >= 0.6 is 0 Å². The van der Waals surface area contributed by atoms with Crippen LogP contribution in [0.5, 0.6) is 0 Å². The van der Waals surface area contributed by atoms with Crippen molar-refractivity contribution in [2.24, 2.45) is 11.7 Å². The fourth-order valence-corrected chi connectivity index (χ4v) is 2.12. The van der Waals surface area contributed by atoms with Crippen molar-refractivity contribution in [2.45, 2.75) is 32.2 Å². The molecule has 0 aliphatic heterocycles. The van der Waals surface area contributed by atoms with Crippen LogP contribution in [0.25, 0.3) is 0 Å². The maximum atomic E-state index is 11.7. The van der Waals surface area contributed by atoms with E-state index in [-0.39, 0.29) is 18.1 Å². The lowest BCUT2D eigenvalue weighted by atomic mass is 10.0. The van der Waals surface area contributed by atoms with Crippen LogP contribution in [0.4, 0.5) is 0 Å². The van der Waals surface area contributed by atoms with E-state index in [1.165, 1.54) is 0 Å². The second kappa shape index (κ2) is 8.11. The third-order valence-electron chi connectivity index (χ3n) is 2.68. The van der Waals surface area contributed by atoms with E-state index < -0.39 is 27.8 Å². The predicted octanol–water partition coefficient (Wildman–Crippen LogP) is -0.634. The fraction of sp³-hybridized carbons (Fsp3) is 0.818. The van der Waals surface area contributed by atoms with E-state index >= 15 is 0 Å². The number of nitrogens with one attached hydrogen (secondary N) is 1. The highest BCUT2D eigenvalue weighted by Crippen LogP contribution is 2.06. The zero-order valence-electron chi connectivity index (χ0n) is 11.3. The number of carboxylic acids is 1. The molecule has 0 radical (unpaired) electrons. The summed E-state index contributed by atoms with van der Waals surface area (Å²) in [6.07, 6.45) is 2.14. The molecule has 7 nitrogen and oxygen atoms in total. The molecule has 0 saturated heterocycles. The van der Waals surface area contributed by atoms with Crippen LogP contribution in [-0.2, 0) is 19.4 Å². The van der Waals surface area contributed by atoms with Gasteiger partial charge < -0.3 is 16.2 Å². The maximum absolute atomic E-state index is 11.7. The van der Waals surface area contributed by atoms with E-state index in [1.54, 1.807) is 6.92 Å². The normalized spacial score (nSPS) is 14.7. The average Bonchev–Trinajstić information content (AvgIpc) is 2.29. The number of hydrogen-bond acceptors (Lipinski definition) is 5. The fourth-order valence-electron chi connectivity index (χ4n) is 1.46. The summed E-state index contributed by atoms with van der Waals surface area (Å²) < 4.78 is 22.0. The molecule has 0 aromatic heterocycles.